The van der Waals surface area contributed by atoms with E-state index >= 15 is 0 Å². The van der Waals surface area contributed by atoms with Crippen LogP contribution in [0.2, 0.25) is 0 Å². The number of aliphatic hydroxyl groups is 1. The topological polar surface area (TPSA) is 82.8 Å². The lowest BCUT2D eigenvalue weighted by Gasteiger charge is -2.19. The Morgan fingerprint density at radius 1 is 1.00 bits per heavy atom. The first kappa shape index (κ1) is 27.7. The molecule has 0 spiro atoms. The number of nitrogens with zero attached hydrogens (tertiary/aromatic N) is 2. The molecule has 7 heteroatoms. The molecule has 0 saturated carbocycles. The molecule has 0 unspecified atom stereocenters. The van der Waals surface area contributed by atoms with Gasteiger partial charge in [-0.25, -0.2) is 0 Å². The highest BCUT2D eigenvalue weighted by atomic mass is 16.5. The summed E-state index contributed by atoms with van der Waals surface area (Å²) in [5.41, 5.74) is 1.18. The van der Waals surface area contributed by atoms with Gasteiger partial charge in [0.25, 0.3) is 5.56 Å². The molecular formula is C26H36N2O5. The lowest BCUT2D eigenvalue weighted by atomic mass is 10.2. The van der Waals surface area contributed by atoms with E-state index < -0.39 is 5.60 Å². The number of benzene rings is 2. The summed E-state index contributed by atoms with van der Waals surface area (Å²) < 4.78 is 17.4. The minimum absolute atomic E-state index is 0.136. The van der Waals surface area contributed by atoms with E-state index in [-0.39, 0.29) is 12.2 Å². The summed E-state index contributed by atoms with van der Waals surface area (Å²) in [5, 5.41) is 9.72. The highest BCUT2D eigenvalue weighted by molar-refractivity contribution is 5.49. The number of ether oxygens (including phenoxy) is 3. The van der Waals surface area contributed by atoms with E-state index in [4.69, 9.17) is 14.2 Å². The molecule has 7 nitrogen and oxygen atoms in total. The van der Waals surface area contributed by atoms with Crippen LogP contribution in [0.5, 0.6) is 17.2 Å². The molecule has 33 heavy (non-hydrogen) atoms. The highest BCUT2D eigenvalue weighted by Crippen LogP contribution is 2.29. The van der Waals surface area contributed by atoms with Gasteiger partial charge in [0.2, 0.25) is 0 Å². The van der Waals surface area contributed by atoms with E-state index in [0.29, 0.717) is 22.9 Å². The number of methoxy groups -OCH3 is 2. The van der Waals surface area contributed by atoms with Gasteiger partial charge in [-0.15, -0.1) is 0 Å². The Morgan fingerprint density at radius 2 is 1.70 bits per heavy atom. The summed E-state index contributed by atoms with van der Waals surface area (Å²) in [6, 6.07) is 13.1. The van der Waals surface area contributed by atoms with Crippen molar-refractivity contribution in [1.29, 1.82) is 0 Å². The molecule has 180 valence electrons. The van der Waals surface area contributed by atoms with Gasteiger partial charge in [-0.2, -0.15) is 0 Å². The van der Waals surface area contributed by atoms with Crippen molar-refractivity contribution in [2.45, 2.75) is 47.1 Å². The molecule has 3 rings (SSSR count). The van der Waals surface area contributed by atoms with E-state index in [2.05, 4.69) is 4.98 Å². The third-order valence-corrected chi connectivity index (χ3v) is 4.24. The second-order valence-electron chi connectivity index (χ2n) is 7.64. The van der Waals surface area contributed by atoms with Gasteiger partial charge in [0.15, 0.2) is 11.5 Å². The largest absolute Gasteiger partial charge is 0.497 e. The summed E-state index contributed by atoms with van der Waals surface area (Å²) in [5.74, 6) is 1.92. The van der Waals surface area contributed by atoms with Crippen molar-refractivity contribution in [1.82, 2.24) is 9.55 Å². The monoisotopic (exact) mass is 456 g/mol. The summed E-state index contributed by atoms with van der Waals surface area (Å²) in [4.78, 5) is 16.1. The van der Waals surface area contributed by atoms with Crippen LogP contribution in [0.4, 0.5) is 0 Å². The Bertz CT molecular complexity index is 1060. The van der Waals surface area contributed by atoms with Crippen molar-refractivity contribution in [2.24, 2.45) is 0 Å². The first-order valence-electron chi connectivity index (χ1n) is 10.8. The van der Waals surface area contributed by atoms with Gasteiger partial charge in [0.1, 0.15) is 18.1 Å². The zero-order valence-electron chi connectivity index (χ0n) is 20.9. The maximum absolute atomic E-state index is 12.1. The molecule has 0 atom stereocenters. The standard InChI is InChI=1S/C16H20N2O4.C8H10O.C2H6/c1-11-15(19)18(8-7-17-11)12-5-6-13(14(9-12)21-4)22-10-16(2,3)20;1-7-4-3-5-8(6-7)9-2;1-2/h5-9,20H,10H2,1-4H3;3-6H,1-2H3;1-2H3. The zero-order chi connectivity index (χ0) is 25.0. The summed E-state index contributed by atoms with van der Waals surface area (Å²) in [6.07, 6.45) is 3.17. The van der Waals surface area contributed by atoms with Crippen molar-refractivity contribution in [2.75, 3.05) is 20.8 Å². The van der Waals surface area contributed by atoms with E-state index in [1.807, 2.05) is 45.0 Å². The van der Waals surface area contributed by atoms with Crippen molar-refractivity contribution in [3.63, 3.8) is 0 Å². The molecule has 0 saturated heterocycles. The molecule has 3 aromatic rings. The van der Waals surface area contributed by atoms with Crippen LogP contribution < -0.4 is 19.8 Å². The molecule has 1 N–H and O–H groups in total. The van der Waals surface area contributed by atoms with Crippen LogP contribution in [-0.4, -0.2) is 41.1 Å². The van der Waals surface area contributed by atoms with Gasteiger partial charge in [-0.05, 0) is 57.5 Å². The third-order valence-electron chi connectivity index (χ3n) is 4.24. The van der Waals surface area contributed by atoms with Gasteiger partial charge < -0.3 is 19.3 Å². The van der Waals surface area contributed by atoms with E-state index in [9.17, 15) is 9.90 Å². The third kappa shape index (κ3) is 8.98. The van der Waals surface area contributed by atoms with E-state index in [0.717, 1.165) is 5.75 Å². The summed E-state index contributed by atoms with van der Waals surface area (Å²) >= 11 is 0. The lowest BCUT2D eigenvalue weighted by molar-refractivity contribution is 0.0276. The van der Waals surface area contributed by atoms with E-state index in [1.165, 1.54) is 17.2 Å². The fourth-order valence-electron chi connectivity index (χ4n) is 2.63. The number of aromatic nitrogens is 2. The van der Waals surface area contributed by atoms with Crippen LogP contribution in [0.1, 0.15) is 39.0 Å². The lowest BCUT2D eigenvalue weighted by Crippen LogP contribution is -2.28. The fraction of sp³-hybridized carbons (Fsp3) is 0.385. The predicted molar refractivity (Wildman–Crippen MR) is 132 cm³/mol. The molecule has 0 amide bonds. The highest BCUT2D eigenvalue weighted by Gasteiger charge is 2.16. The Hall–Kier alpha value is -3.32. The minimum atomic E-state index is -0.942. The van der Waals surface area contributed by atoms with Crippen LogP contribution in [0.3, 0.4) is 0 Å². The normalized spacial score (nSPS) is 10.2. The zero-order valence-corrected chi connectivity index (χ0v) is 20.9. The van der Waals surface area contributed by atoms with Crippen LogP contribution in [0.25, 0.3) is 5.69 Å². The van der Waals surface area contributed by atoms with Crippen LogP contribution in [0, 0.1) is 13.8 Å². The molecule has 0 bridgehead atoms. The average Bonchev–Trinajstić information content (AvgIpc) is 2.80. The molecule has 0 aliphatic carbocycles. The molecule has 1 aromatic heterocycles. The molecule has 0 aliphatic heterocycles. The Balaban J connectivity index is 0.000000412. The Morgan fingerprint density at radius 3 is 2.24 bits per heavy atom. The second-order valence-corrected chi connectivity index (χ2v) is 7.64. The Labute approximate surface area is 196 Å². The molecule has 2 aromatic carbocycles. The second kappa shape index (κ2) is 13.3. The molecule has 1 heterocycles. The number of rotatable bonds is 6. The maximum atomic E-state index is 12.1. The van der Waals surface area contributed by atoms with Crippen LogP contribution in [0.15, 0.2) is 59.7 Å². The van der Waals surface area contributed by atoms with Crippen molar-refractivity contribution in [3.05, 3.63) is 76.5 Å². The Kier molecular flexibility index (Phi) is 11.2. The number of hydrogen-bond donors (Lipinski definition) is 1. The molecular weight excluding hydrogens is 420 g/mol. The summed E-state index contributed by atoms with van der Waals surface area (Å²) in [7, 11) is 3.20. The maximum Gasteiger partial charge on any atom is 0.276 e. The van der Waals surface area contributed by atoms with Crippen molar-refractivity contribution in [3.8, 4) is 22.9 Å². The van der Waals surface area contributed by atoms with Crippen molar-refractivity contribution < 1.29 is 19.3 Å². The van der Waals surface area contributed by atoms with Gasteiger partial charge in [-0.3, -0.25) is 14.3 Å². The minimum Gasteiger partial charge on any atom is -0.497 e. The van der Waals surface area contributed by atoms with Crippen LogP contribution in [-0.2, 0) is 0 Å². The molecule has 0 fully saturated rings. The summed E-state index contributed by atoms with van der Waals surface area (Å²) in [6.45, 7) is 11.2. The number of hydrogen-bond acceptors (Lipinski definition) is 6. The van der Waals surface area contributed by atoms with Gasteiger partial charge >= 0.3 is 0 Å². The predicted octanol–water partition coefficient (Wildman–Crippen LogP) is 4.73. The van der Waals surface area contributed by atoms with E-state index in [1.54, 1.807) is 58.5 Å². The fourth-order valence-corrected chi connectivity index (χ4v) is 2.63. The first-order chi connectivity index (χ1) is 15.6. The van der Waals surface area contributed by atoms with Gasteiger partial charge in [-0.1, -0.05) is 26.0 Å². The molecule has 0 aliphatic rings. The number of aryl methyl sites for hydroxylation is 2. The SMILES string of the molecule is CC.COc1cc(-n2ccnc(C)c2=O)ccc1OCC(C)(C)O.COc1cccc(C)c1. The van der Waals surface area contributed by atoms with Gasteiger partial charge in [0, 0.05) is 18.5 Å². The molecule has 0 radical (unpaired) electrons. The van der Waals surface area contributed by atoms with Crippen molar-refractivity contribution >= 4 is 0 Å². The average molecular weight is 457 g/mol. The first-order valence-corrected chi connectivity index (χ1v) is 10.8. The quantitative estimate of drug-likeness (QED) is 0.577. The van der Waals surface area contributed by atoms with Gasteiger partial charge in [0.05, 0.1) is 25.5 Å². The smallest absolute Gasteiger partial charge is 0.276 e. The van der Waals surface area contributed by atoms with Crippen LogP contribution >= 0.6 is 0 Å².